The van der Waals surface area contributed by atoms with Gasteiger partial charge in [0.2, 0.25) is 5.91 Å². The molecule has 1 saturated carbocycles. The van der Waals surface area contributed by atoms with Crippen LogP contribution in [0.15, 0.2) is 54.6 Å². The van der Waals surface area contributed by atoms with Crippen LogP contribution in [0.5, 0.6) is 0 Å². The summed E-state index contributed by atoms with van der Waals surface area (Å²) in [7, 11) is 0. The Balaban J connectivity index is 1.27. The molecule has 41 heavy (non-hydrogen) atoms. The number of piperidine rings is 1. The van der Waals surface area contributed by atoms with Crippen LogP contribution in [-0.2, 0) is 14.3 Å². The standard InChI is InChI=1S/C32H37N3O5S/c1-31(2,3)40-29(38)22-12-6-7-13-24(22)35-18-15-23(25(36)20-35)33-30(39)32(16-9-4-10-17-32)34-28(37)27-19-21-11-5-8-14-26(21)41-27/h5-8,11-14,19,23H,4,9-10,15-18,20H2,1-3H3,(H,33,39)(H,34,37). The highest BCUT2D eigenvalue weighted by atomic mass is 32.1. The lowest BCUT2D eigenvalue weighted by Crippen LogP contribution is -2.63. The SMILES string of the molecule is CC(C)(C)OC(=O)c1ccccc1N1CCC(NC(=O)C2(NC(=O)c3cc4ccccc4s3)CCCCC2)C(=O)C1. The third kappa shape index (κ3) is 6.45. The second-order valence-corrected chi connectivity index (χ2v) is 13.1. The Morgan fingerprint density at radius 1 is 1.00 bits per heavy atom. The maximum atomic E-state index is 13.8. The van der Waals surface area contributed by atoms with E-state index in [2.05, 4.69) is 10.6 Å². The van der Waals surface area contributed by atoms with E-state index in [4.69, 9.17) is 4.74 Å². The molecule has 0 spiro atoms. The molecule has 2 amide bonds. The topological polar surface area (TPSA) is 105 Å². The largest absolute Gasteiger partial charge is 0.456 e. The van der Waals surface area contributed by atoms with E-state index in [0.717, 1.165) is 29.3 Å². The number of para-hydroxylation sites is 1. The summed E-state index contributed by atoms with van der Waals surface area (Å²) in [4.78, 5) is 55.7. The molecular formula is C32H37N3O5S. The van der Waals surface area contributed by atoms with Crippen LogP contribution in [0.4, 0.5) is 5.69 Å². The Morgan fingerprint density at radius 2 is 1.71 bits per heavy atom. The molecule has 1 aliphatic heterocycles. The lowest BCUT2D eigenvalue weighted by Gasteiger charge is -2.39. The van der Waals surface area contributed by atoms with Gasteiger partial charge in [-0.3, -0.25) is 14.4 Å². The Labute approximate surface area is 244 Å². The van der Waals surface area contributed by atoms with Crippen molar-refractivity contribution in [3.8, 4) is 0 Å². The van der Waals surface area contributed by atoms with Crippen LogP contribution in [0.1, 0.15) is 79.3 Å². The van der Waals surface area contributed by atoms with Crippen molar-refractivity contribution in [1.82, 2.24) is 10.6 Å². The second kappa shape index (κ2) is 11.6. The fourth-order valence-electron chi connectivity index (χ4n) is 5.67. The zero-order chi connectivity index (χ0) is 29.2. The number of fused-ring (bicyclic) bond motifs is 1. The average Bonchev–Trinajstić information content (AvgIpc) is 3.38. The molecule has 2 aliphatic rings. The number of ketones is 1. The molecule has 1 atom stereocenters. The van der Waals surface area contributed by atoms with Gasteiger partial charge >= 0.3 is 5.97 Å². The van der Waals surface area contributed by atoms with Gasteiger partial charge in [0.1, 0.15) is 11.1 Å². The number of nitrogens with zero attached hydrogens (tertiary/aromatic N) is 1. The normalized spacial score (nSPS) is 19.0. The summed E-state index contributed by atoms with van der Waals surface area (Å²) in [6, 6.07) is 16.1. The number of thiophene rings is 1. The number of rotatable bonds is 6. The Morgan fingerprint density at radius 3 is 2.41 bits per heavy atom. The van der Waals surface area contributed by atoms with Crippen molar-refractivity contribution < 1.29 is 23.9 Å². The van der Waals surface area contributed by atoms with Crippen LogP contribution in [0.2, 0.25) is 0 Å². The predicted molar refractivity (Wildman–Crippen MR) is 160 cm³/mol. The lowest BCUT2D eigenvalue weighted by molar-refractivity contribution is -0.133. The number of esters is 1. The molecular weight excluding hydrogens is 538 g/mol. The van der Waals surface area contributed by atoms with Crippen LogP contribution in [0.25, 0.3) is 10.1 Å². The van der Waals surface area contributed by atoms with Gasteiger partial charge in [-0.25, -0.2) is 4.79 Å². The van der Waals surface area contributed by atoms with Crippen molar-refractivity contribution in [3.05, 3.63) is 65.0 Å². The van der Waals surface area contributed by atoms with E-state index in [9.17, 15) is 19.2 Å². The van der Waals surface area contributed by atoms with Crippen molar-refractivity contribution >= 4 is 50.7 Å². The minimum absolute atomic E-state index is 0.0614. The molecule has 0 radical (unpaired) electrons. The van der Waals surface area contributed by atoms with Gasteiger partial charge in [0, 0.05) is 11.2 Å². The van der Waals surface area contributed by atoms with Gasteiger partial charge in [-0.1, -0.05) is 49.6 Å². The molecule has 1 saturated heterocycles. The molecule has 2 aromatic carbocycles. The molecule has 5 rings (SSSR count). The summed E-state index contributed by atoms with van der Waals surface area (Å²) < 4.78 is 6.59. The summed E-state index contributed by atoms with van der Waals surface area (Å²) in [5, 5.41) is 7.05. The molecule has 216 valence electrons. The quantitative estimate of drug-likeness (QED) is 0.389. The van der Waals surface area contributed by atoms with Gasteiger partial charge < -0.3 is 20.3 Å². The first-order valence-corrected chi connectivity index (χ1v) is 15.1. The van der Waals surface area contributed by atoms with Crippen molar-refractivity contribution in [1.29, 1.82) is 0 Å². The molecule has 1 aromatic heterocycles. The first-order chi connectivity index (χ1) is 19.5. The first kappa shape index (κ1) is 28.8. The highest BCUT2D eigenvalue weighted by Crippen LogP contribution is 2.32. The van der Waals surface area contributed by atoms with Gasteiger partial charge in [-0.15, -0.1) is 11.3 Å². The molecule has 1 unspecified atom stereocenters. The zero-order valence-electron chi connectivity index (χ0n) is 23.8. The van der Waals surface area contributed by atoms with E-state index < -0.39 is 23.2 Å². The fraction of sp³-hybridized carbons (Fsp3) is 0.438. The van der Waals surface area contributed by atoms with Crippen molar-refractivity contribution in [2.45, 2.75) is 76.5 Å². The van der Waals surface area contributed by atoms with Crippen molar-refractivity contribution in [2.75, 3.05) is 18.0 Å². The summed E-state index contributed by atoms with van der Waals surface area (Å²) in [6.07, 6.45) is 4.12. The van der Waals surface area contributed by atoms with Crippen LogP contribution in [0.3, 0.4) is 0 Å². The summed E-state index contributed by atoms with van der Waals surface area (Å²) in [5.74, 6) is -1.13. The number of benzene rings is 2. The minimum atomic E-state index is -1.05. The molecule has 2 N–H and O–H groups in total. The number of anilines is 1. The van der Waals surface area contributed by atoms with Gasteiger partial charge in [0.15, 0.2) is 5.78 Å². The molecule has 3 aromatic rings. The number of amides is 2. The monoisotopic (exact) mass is 575 g/mol. The number of carbonyl (C=O) groups is 4. The number of hydrogen-bond donors (Lipinski definition) is 2. The van der Waals surface area contributed by atoms with Crippen molar-refractivity contribution in [3.63, 3.8) is 0 Å². The Kier molecular flexibility index (Phi) is 8.18. The number of ether oxygens (including phenoxy) is 1. The maximum absolute atomic E-state index is 13.8. The predicted octanol–water partition coefficient (Wildman–Crippen LogP) is 5.25. The third-order valence-electron chi connectivity index (χ3n) is 7.74. The summed E-state index contributed by atoms with van der Waals surface area (Å²) in [5.41, 5.74) is -0.646. The van der Waals surface area contributed by atoms with Gasteiger partial charge in [0.05, 0.1) is 28.7 Å². The van der Waals surface area contributed by atoms with Crippen LogP contribution < -0.4 is 15.5 Å². The number of nitrogens with one attached hydrogen (secondary N) is 2. The zero-order valence-corrected chi connectivity index (χ0v) is 24.6. The van der Waals surface area contributed by atoms with Gasteiger partial charge in [-0.05, 0) is 69.7 Å². The molecule has 8 nitrogen and oxygen atoms in total. The third-order valence-corrected chi connectivity index (χ3v) is 8.85. The number of hydrogen-bond acceptors (Lipinski definition) is 7. The highest BCUT2D eigenvalue weighted by Gasteiger charge is 2.43. The molecule has 2 heterocycles. The number of Topliss-reactive ketones (excluding diaryl/α,β-unsaturated/α-hetero) is 1. The average molecular weight is 576 g/mol. The van der Waals surface area contributed by atoms with E-state index >= 15 is 0 Å². The fourth-order valence-corrected chi connectivity index (χ4v) is 6.63. The van der Waals surface area contributed by atoms with Crippen LogP contribution >= 0.6 is 11.3 Å². The molecule has 0 bridgehead atoms. The molecule has 2 fully saturated rings. The van der Waals surface area contributed by atoms with Crippen molar-refractivity contribution in [2.24, 2.45) is 0 Å². The van der Waals surface area contributed by atoms with Crippen LogP contribution in [0, 0.1) is 0 Å². The second-order valence-electron chi connectivity index (χ2n) is 12.0. The van der Waals surface area contributed by atoms with E-state index in [1.165, 1.54) is 11.3 Å². The van der Waals surface area contributed by atoms with Crippen LogP contribution in [-0.4, -0.2) is 53.8 Å². The Bertz CT molecular complexity index is 1430. The van der Waals surface area contributed by atoms with E-state index in [1.54, 1.807) is 12.1 Å². The molecule has 1 aliphatic carbocycles. The maximum Gasteiger partial charge on any atom is 0.340 e. The summed E-state index contributed by atoms with van der Waals surface area (Å²) >= 11 is 1.41. The van der Waals surface area contributed by atoms with E-state index in [0.29, 0.717) is 41.9 Å². The lowest BCUT2D eigenvalue weighted by atomic mass is 9.80. The first-order valence-electron chi connectivity index (χ1n) is 14.3. The smallest absolute Gasteiger partial charge is 0.340 e. The summed E-state index contributed by atoms with van der Waals surface area (Å²) in [6.45, 7) is 5.99. The van der Waals surface area contributed by atoms with E-state index in [1.807, 2.05) is 68.1 Å². The van der Waals surface area contributed by atoms with Gasteiger partial charge in [-0.2, -0.15) is 0 Å². The van der Waals surface area contributed by atoms with E-state index in [-0.39, 0.29) is 24.1 Å². The van der Waals surface area contributed by atoms with Gasteiger partial charge in [0.25, 0.3) is 5.91 Å². The highest BCUT2D eigenvalue weighted by molar-refractivity contribution is 7.20. The molecule has 9 heteroatoms. The number of carbonyl (C=O) groups excluding carboxylic acids is 4. The minimum Gasteiger partial charge on any atom is -0.456 e. The Hall–Kier alpha value is -3.72.